The molecule has 1 fully saturated rings. The third kappa shape index (κ3) is 1.72. The topological polar surface area (TPSA) is 27.8 Å². The smallest absolute Gasteiger partial charge is 0.0823 e. The summed E-state index contributed by atoms with van der Waals surface area (Å²) in [6, 6.07) is 2.73. The van der Waals surface area contributed by atoms with E-state index in [1.165, 1.54) is 24.8 Å². The highest BCUT2D eigenvalue weighted by Gasteiger charge is 2.14. The number of nitrogens with one attached hydrogen (secondary N) is 2. The zero-order valence-electron chi connectivity index (χ0n) is 6.94. The van der Waals surface area contributed by atoms with Crippen molar-refractivity contribution in [3.63, 3.8) is 0 Å². The summed E-state index contributed by atoms with van der Waals surface area (Å²) in [7, 11) is 0. The fourth-order valence-electron chi connectivity index (χ4n) is 1.72. The normalized spacial score (nSPS) is 24.2. The molecule has 1 atom stereocenters. The molecule has 66 valence electrons. The molecule has 1 aliphatic rings. The molecule has 0 unspecified atom stereocenters. The van der Waals surface area contributed by atoms with Crippen molar-refractivity contribution in [3.05, 3.63) is 22.4 Å². The van der Waals surface area contributed by atoms with E-state index in [1.807, 2.05) is 0 Å². The first-order valence-corrected chi connectivity index (χ1v) is 5.23. The maximum Gasteiger partial charge on any atom is 0.0823 e. The monoisotopic (exact) mass is 228 g/mol. The predicted octanol–water partition coefficient (Wildman–Crippen LogP) is 2.59. The van der Waals surface area contributed by atoms with Crippen LogP contribution in [0.1, 0.15) is 30.9 Å². The van der Waals surface area contributed by atoms with Crippen LogP contribution in [0.3, 0.4) is 0 Å². The number of hydrogen-bond donors (Lipinski definition) is 2. The van der Waals surface area contributed by atoms with E-state index < -0.39 is 0 Å². The van der Waals surface area contributed by atoms with Crippen molar-refractivity contribution >= 4 is 15.9 Å². The van der Waals surface area contributed by atoms with Gasteiger partial charge in [0.15, 0.2) is 0 Å². The molecule has 0 radical (unpaired) electrons. The van der Waals surface area contributed by atoms with Crippen molar-refractivity contribution in [3.8, 4) is 0 Å². The molecule has 0 bridgehead atoms. The molecule has 12 heavy (non-hydrogen) atoms. The molecule has 3 heteroatoms. The van der Waals surface area contributed by atoms with Crippen molar-refractivity contribution in [1.29, 1.82) is 0 Å². The lowest BCUT2D eigenvalue weighted by atomic mass is 10.0. The van der Waals surface area contributed by atoms with Crippen molar-refractivity contribution < 1.29 is 0 Å². The average molecular weight is 229 g/mol. The van der Waals surface area contributed by atoms with Gasteiger partial charge >= 0.3 is 0 Å². The van der Waals surface area contributed by atoms with Crippen LogP contribution in [-0.4, -0.2) is 11.5 Å². The summed E-state index contributed by atoms with van der Waals surface area (Å²) >= 11 is 3.42. The van der Waals surface area contributed by atoms with E-state index in [-0.39, 0.29) is 0 Å². The lowest BCUT2D eigenvalue weighted by Crippen LogP contribution is -2.26. The highest BCUT2D eigenvalue weighted by molar-refractivity contribution is 9.10. The van der Waals surface area contributed by atoms with Crippen LogP contribution in [0.25, 0.3) is 0 Å². The predicted molar refractivity (Wildman–Crippen MR) is 53.1 cm³/mol. The Morgan fingerprint density at radius 3 is 2.92 bits per heavy atom. The quantitative estimate of drug-likeness (QED) is 0.761. The molecular weight excluding hydrogens is 216 g/mol. The van der Waals surface area contributed by atoms with Crippen LogP contribution >= 0.6 is 15.9 Å². The van der Waals surface area contributed by atoms with E-state index in [9.17, 15) is 0 Å². The van der Waals surface area contributed by atoms with E-state index in [0.717, 1.165) is 11.1 Å². The second-order valence-corrected chi connectivity index (χ2v) is 4.14. The van der Waals surface area contributed by atoms with Gasteiger partial charge in [-0.3, -0.25) is 0 Å². The number of H-pyrrole nitrogens is 1. The maximum atomic E-state index is 3.51. The highest BCUT2D eigenvalue weighted by atomic mass is 79.9. The van der Waals surface area contributed by atoms with E-state index in [1.54, 1.807) is 0 Å². The molecule has 2 nitrogen and oxygen atoms in total. The first-order valence-electron chi connectivity index (χ1n) is 4.43. The minimum Gasteiger partial charge on any atom is -0.356 e. The summed E-state index contributed by atoms with van der Waals surface area (Å²) in [5.41, 5.74) is 1.38. The van der Waals surface area contributed by atoms with Crippen molar-refractivity contribution in [2.45, 2.75) is 25.3 Å². The van der Waals surface area contributed by atoms with Crippen LogP contribution in [-0.2, 0) is 0 Å². The van der Waals surface area contributed by atoms with Gasteiger partial charge in [0.2, 0.25) is 0 Å². The van der Waals surface area contributed by atoms with Gasteiger partial charge in [-0.05, 0) is 46.9 Å². The number of aromatic amines is 1. The van der Waals surface area contributed by atoms with E-state index in [0.29, 0.717) is 6.04 Å². The lowest BCUT2D eigenvalue weighted by Gasteiger charge is -2.22. The van der Waals surface area contributed by atoms with Crippen molar-refractivity contribution in [2.24, 2.45) is 0 Å². The zero-order chi connectivity index (χ0) is 8.39. The first kappa shape index (κ1) is 8.32. The molecule has 0 amide bonds. The number of rotatable bonds is 1. The summed E-state index contributed by atoms with van der Waals surface area (Å²) in [6.45, 7) is 1.16. The Hall–Kier alpha value is -0.280. The Kier molecular flexibility index (Phi) is 2.51. The van der Waals surface area contributed by atoms with E-state index in [4.69, 9.17) is 0 Å². The molecule has 1 aromatic rings. The number of halogens is 1. The van der Waals surface area contributed by atoms with Gasteiger partial charge in [-0.2, -0.15) is 0 Å². The SMILES string of the molecule is Brc1cc([C@H]2CCCCN2)c[nH]1. The van der Waals surface area contributed by atoms with Gasteiger partial charge < -0.3 is 10.3 Å². The van der Waals surface area contributed by atoms with Gasteiger partial charge in [-0.25, -0.2) is 0 Å². The van der Waals surface area contributed by atoms with Gasteiger partial charge in [0, 0.05) is 12.2 Å². The van der Waals surface area contributed by atoms with Crippen LogP contribution in [0.15, 0.2) is 16.9 Å². The number of piperidine rings is 1. The molecule has 1 aromatic heterocycles. The fourth-order valence-corrected chi connectivity index (χ4v) is 2.10. The largest absolute Gasteiger partial charge is 0.356 e. The summed E-state index contributed by atoms with van der Waals surface area (Å²) in [6.07, 6.45) is 6.01. The molecule has 2 heterocycles. The Morgan fingerprint density at radius 1 is 1.42 bits per heavy atom. The van der Waals surface area contributed by atoms with Gasteiger partial charge in [0.1, 0.15) is 0 Å². The van der Waals surface area contributed by atoms with Gasteiger partial charge in [-0.1, -0.05) is 6.42 Å². The molecule has 0 spiro atoms. The molecule has 0 aliphatic carbocycles. The minimum atomic E-state index is 0.571. The van der Waals surface area contributed by atoms with Gasteiger partial charge in [0.05, 0.1) is 4.60 Å². The van der Waals surface area contributed by atoms with Gasteiger partial charge in [0.25, 0.3) is 0 Å². The second kappa shape index (κ2) is 3.62. The third-order valence-electron chi connectivity index (χ3n) is 2.38. The van der Waals surface area contributed by atoms with Crippen molar-refractivity contribution in [1.82, 2.24) is 10.3 Å². The Labute approximate surface area is 80.9 Å². The molecule has 0 aromatic carbocycles. The standard InChI is InChI=1S/C9H13BrN2/c10-9-5-7(6-12-9)8-3-1-2-4-11-8/h5-6,8,11-12H,1-4H2/t8-/m1/s1. The minimum absolute atomic E-state index is 0.571. The summed E-state index contributed by atoms with van der Waals surface area (Å²) < 4.78 is 1.07. The highest BCUT2D eigenvalue weighted by Crippen LogP contribution is 2.24. The van der Waals surface area contributed by atoms with Crippen LogP contribution in [0.4, 0.5) is 0 Å². The van der Waals surface area contributed by atoms with Crippen LogP contribution < -0.4 is 5.32 Å². The molecular formula is C9H13BrN2. The number of aromatic nitrogens is 1. The Morgan fingerprint density at radius 2 is 2.33 bits per heavy atom. The average Bonchev–Trinajstić information content (AvgIpc) is 2.54. The second-order valence-electron chi connectivity index (χ2n) is 3.28. The molecule has 0 saturated carbocycles. The van der Waals surface area contributed by atoms with Gasteiger partial charge in [-0.15, -0.1) is 0 Å². The Balaban J connectivity index is 2.08. The zero-order valence-corrected chi connectivity index (χ0v) is 8.52. The van der Waals surface area contributed by atoms with Crippen LogP contribution in [0, 0.1) is 0 Å². The first-order chi connectivity index (χ1) is 5.86. The van der Waals surface area contributed by atoms with E-state index >= 15 is 0 Å². The number of hydrogen-bond acceptors (Lipinski definition) is 1. The Bertz CT molecular complexity index is 251. The summed E-state index contributed by atoms with van der Waals surface area (Å²) in [4.78, 5) is 3.14. The fraction of sp³-hybridized carbons (Fsp3) is 0.556. The van der Waals surface area contributed by atoms with Crippen LogP contribution in [0.2, 0.25) is 0 Å². The summed E-state index contributed by atoms with van der Waals surface area (Å²) in [5, 5.41) is 3.51. The molecule has 1 aliphatic heterocycles. The summed E-state index contributed by atoms with van der Waals surface area (Å²) in [5.74, 6) is 0. The van der Waals surface area contributed by atoms with Crippen LogP contribution in [0.5, 0.6) is 0 Å². The lowest BCUT2D eigenvalue weighted by molar-refractivity contribution is 0.412. The van der Waals surface area contributed by atoms with E-state index in [2.05, 4.69) is 38.5 Å². The van der Waals surface area contributed by atoms with Crippen molar-refractivity contribution in [2.75, 3.05) is 6.54 Å². The third-order valence-corrected chi connectivity index (χ3v) is 2.84. The molecule has 2 N–H and O–H groups in total. The molecule has 1 saturated heterocycles. The maximum absolute atomic E-state index is 3.51. The molecule has 2 rings (SSSR count).